The van der Waals surface area contributed by atoms with Crippen LogP contribution < -0.4 is 10.6 Å². The molecule has 0 bridgehead atoms. The Kier molecular flexibility index (Phi) is 8.49. The van der Waals surface area contributed by atoms with Crippen LogP contribution in [-0.2, 0) is 0 Å². The van der Waals surface area contributed by atoms with Gasteiger partial charge in [-0.1, -0.05) is 50.3 Å². The SMILES string of the molecule is C[C@]12CCCNC[C@@H]1CC[C@@H]1[C@@H]2CC[C@]2(C)C(n3ccnn3)=CC[C@@H]12.C[C@]12CCNCC[C@@H]1CC[C@@H]1[C@@H]2CC[C@]2(C)C(n3ccnn3)=CC[C@@H]12. The lowest BCUT2D eigenvalue weighted by atomic mass is 9.46. The van der Waals surface area contributed by atoms with Crippen molar-refractivity contribution in [3.8, 4) is 0 Å². The monoisotopic (exact) mass is 681 g/mol. The minimum absolute atomic E-state index is 0.293. The minimum atomic E-state index is 0.293. The van der Waals surface area contributed by atoms with Gasteiger partial charge >= 0.3 is 0 Å². The Labute approximate surface area is 301 Å². The van der Waals surface area contributed by atoms with Crippen LogP contribution in [0.25, 0.3) is 11.4 Å². The van der Waals surface area contributed by atoms with Crippen LogP contribution in [-0.4, -0.2) is 56.2 Å². The molecule has 12 atom stereocenters. The van der Waals surface area contributed by atoms with E-state index >= 15 is 0 Å². The molecule has 4 saturated carbocycles. The van der Waals surface area contributed by atoms with E-state index < -0.39 is 0 Å². The normalized spacial score (nSPS) is 46.6. The van der Waals surface area contributed by atoms with Gasteiger partial charge in [-0.3, -0.25) is 0 Å². The molecule has 0 spiro atoms. The van der Waals surface area contributed by atoms with Crippen LogP contribution >= 0.6 is 0 Å². The molecule has 0 aromatic carbocycles. The predicted molar refractivity (Wildman–Crippen MR) is 199 cm³/mol. The second-order valence-electron chi connectivity index (χ2n) is 19.2. The van der Waals surface area contributed by atoms with E-state index in [9.17, 15) is 0 Å². The Morgan fingerprint density at radius 1 is 0.580 bits per heavy atom. The number of allylic oxidation sites excluding steroid dienone is 4. The fourth-order valence-electron chi connectivity index (χ4n) is 14.8. The van der Waals surface area contributed by atoms with E-state index in [-0.39, 0.29) is 0 Å². The van der Waals surface area contributed by atoms with Crippen LogP contribution in [0.4, 0.5) is 0 Å². The number of nitrogens with one attached hydrogen (secondary N) is 2. The summed E-state index contributed by atoms with van der Waals surface area (Å²) in [4.78, 5) is 0. The molecule has 0 amide bonds. The third kappa shape index (κ3) is 5.10. The molecule has 50 heavy (non-hydrogen) atoms. The molecule has 2 aromatic heterocycles. The van der Waals surface area contributed by atoms with Gasteiger partial charge in [0.25, 0.3) is 0 Å². The van der Waals surface area contributed by atoms with Crippen molar-refractivity contribution >= 4 is 11.4 Å². The second-order valence-corrected chi connectivity index (χ2v) is 19.2. The number of aromatic nitrogens is 6. The Balaban J connectivity index is 0.000000135. The van der Waals surface area contributed by atoms with Crippen molar-refractivity contribution in [2.75, 3.05) is 26.2 Å². The first-order valence-electron chi connectivity index (χ1n) is 20.8. The molecule has 10 rings (SSSR count). The molecule has 0 unspecified atom stereocenters. The molecule has 6 aliphatic carbocycles. The Hall–Kier alpha value is -2.32. The number of rotatable bonds is 2. The maximum atomic E-state index is 4.32. The highest BCUT2D eigenvalue weighted by molar-refractivity contribution is 5.56. The van der Waals surface area contributed by atoms with Gasteiger partial charge in [-0.2, -0.15) is 0 Å². The van der Waals surface area contributed by atoms with Gasteiger partial charge in [0.1, 0.15) is 0 Å². The van der Waals surface area contributed by atoms with Gasteiger partial charge < -0.3 is 10.6 Å². The van der Waals surface area contributed by atoms with Crippen molar-refractivity contribution in [2.24, 2.45) is 69.0 Å². The highest BCUT2D eigenvalue weighted by atomic mass is 15.4. The minimum Gasteiger partial charge on any atom is -0.317 e. The first-order valence-corrected chi connectivity index (χ1v) is 20.8. The summed E-state index contributed by atoms with van der Waals surface area (Å²) in [5.41, 5.74) is 4.54. The lowest BCUT2D eigenvalue weighted by Gasteiger charge is -2.58. The van der Waals surface area contributed by atoms with Gasteiger partial charge in [-0.25, -0.2) is 9.36 Å². The van der Waals surface area contributed by atoms with Crippen LogP contribution in [0.1, 0.15) is 118 Å². The topological polar surface area (TPSA) is 85.5 Å². The molecule has 8 nitrogen and oxygen atoms in total. The fourth-order valence-corrected chi connectivity index (χ4v) is 14.8. The first-order chi connectivity index (χ1) is 24.3. The summed E-state index contributed by atoms with van der Waals surface area (Å²) < 4.78 is 4.09. The quantitative estimate of drug-likeness (QED) is 0.335. The van der Waals surface area contributed by atoms with Gasteiger partial charge in [-0.15, -0.1) is 10.2 Å². The molecule has 2 saturated heterocycles. The molecule has 0 radical (unpaired) electrons. The van der Waals surface area contributed by atoms with E-state index in [0.29, 0.717) is 21.7 Å². The standard InChI is InChI=1S/2C21H32N4/c1-20-9-3-11-22-14-15(20)4-5-16-17-6-7-19(25-13-12-23-24-25)21(17,2)10-8-18(16)20;1-20-10-12-22-11-8-15(20)3-4-16-17-5-6-19(25-14-13-23-24-25)21(17,2)9-7-18(16)20/h7,12-13,15-18,22H,3-6,8-11,14H2,1-2H3;6,13-18,22H,3-5,7-12H2,1-2H3/t2*15-,16-,17-,18-,20-,21-/m00/s1. The third-order valence-corrected chi connectivity index (χ3v) is 17.5. The summed E-state index contributed by atoms with van der Waals surface area (Å²) in [6.45, 7) is 15.2. The van der Waals surface area contributed by atoms with Gasteiger partial charge in [0, 0.05) is 22.2 Å². The predicted octanol–water partition coefficient (Wildman–Crippen LogP) is 7.94. The van der Waals surface area contributed by atoms with Gasteiger partial charge in [0.05, 0.1) is 24.8 Å². The average molecular weight is 681 g/mol. The summed E-state index contributed by atoms with van der Waals surface area (Å²) >= 11 is 0. The Morgan fingerprint density at radius 2 is 1.16 bits per heavy atom. The molecule has 8 aliphatic rings. The number of fused-ring (bicyclic) bond motifs is 10. The van der Waals surface area contributed by atoms with Crippen LogP contribution in [0.3, 0.4) is 0 Å². The average Bonchev–Trinajstić information content (AvgIpc) is 3.90. The van der Waals surface area contributed by atoms with Crippen LogP contribution in [0, 0.1) is 69.0 Å². The van der Waals surface area contributed by atoms with Gasteiger partial charge in [0.2, 0.25) is 0 Å². The van der Waals surface area contributed by atoms with E-state index in [0.717, 1.165) is 47.3 Å². The zero-order valence-corrected chi connectivity index (χ0v) is 31.5. The summed E-state index contributed by atoms with van der Waals surface area (Å²) in [6.07, 6.45) is 31.9. The summed E-state index contributed by atoms with van der Waals surface area (Å²) in [5.74, 6) is 7.09. The fraction of sp³-hybridized carbons (Fsp3) is 0.810. The van der Waals surface area contributed by atoms with Crippen molar-refractivity contribution in [2.45, 2.75) is 118 Å². The van der Waals surface area contributed by atoms with Crippen molar-refractivity contribution in [1.82, 2.24) is 40.6 Å². The number of nitrogens with zero attached hydrogens (tertiary/aromatic N) is 6. The third-order valence-electron chi connectivity index (χ3n) is 17.5. The largest absolute Gasteiger partial charge is 0.317 e. The lowest BCUT2D eigenvalue weighted by Crippen LogP contribution is -2.52. The maximum Gasteiger partial charge on any atom is 0.0697 e. The van der Waals surface area contributed by atoms with Crippen molar-refractivity contribution in [1.29, 1.82) is 0 Å². The van der Waals surface area contributed by atoms with Gasteiger partial charge in [0.15, 0.2) is 0 Å². The van der Waals surface area contributed by atoms with Crippen molar-refractivity contribution < 1.29 is 0 Å². The van der Waals surface area contributed by atoms with E-state index in [1.165, 1.54) is 127 Å². The second kappa shape index (κ2) is 12.7. The molecular formula is C42H64N8. The lowest BCUT2D eigenvalue weighted by molar-refractivity contribution is -0.0799. The van der Waals surface area contributed by atoms with Crippen LogP contribution in [0.15, 0.2) is 36.9 Å². The number of hydrogen-bond acceptors (Lipinski definition) is 6. The molecule has 8 heteroatoms. The maximum absolute atomic E-state index is 4.32. The molecule has 2 aromatic rings. The van der Waals surface area contributed by atoms with Crippen LogP contribution in [0.2, 0.25) is 0 Å². The van der Waals surface area contributed by atoms with Crippen LogP contribution in [0.5, 0.6) is 0 Å². The highest BCUT2D eigenvalue weighted by Crippen LogP contribution is 2.67. The number of hydrogen-bond donors (Lipinski definition) is 2. The summed E-state index contributed by atoms with van der Waals surface area (Å²) in [6, 6.07) is 0. The molecule has 4 heterocycles. The molecule has 6 fully saturated rings. The van der Waals surface area contributed by atoms with Crippen molar-refractivity contribution in [3.05, 3.63) is 36.9 Å². The zero-order chi connectivity index (χ0) is 34.1. The molecular weight excluding hydrogens is 617 g/mol. The highest BCUT2D eigenvalue weighted by Gasteiger charge is 2.59. The summed E-state index contributed by atoms with van der Waals surface area (Å²) in [7, 11) is 0. The Morgan fingerprint density at radius 3 is 1.74 bits per heavy atom. The smallest absolute Gasteiger partial charge is 0.0697 e. The zero-order valence-electron chi connectivity index (χ0n) is 31.5. The van der Waals surface area contributed by atoms with E-state index in [4.69, 9.17) is 0 Å². The van der Waals surface area contributed by atoms with E-state index in [1.54, 1.807) is 0 Å². The Bertz CT molecular complexity index is 1450. The molecule has 2 N–H and O–H groups in total. The molecule has 2 aliphatic heterocycles. The molecule has 272 valence electrons. The van der Waals surface area contributed by atoms with E-state index in [2.05, 4.69) is 71.1 Å². The first kappa shape index (κ1) is 33.5. The van der Waals surface area contributed by atoms with Crippen molar-refractivity contribution in [3.63, 3.8) is 0 Å². The summed E-state index contributed by atoms with van der Waals surface area (Å²) in [5, 5.41) is 24.1. The van der Waals surface area contributed by atoms with E-state index in [1.807, 2.05) is 34.2 Å². The van der Waals surface area contributed by atoms with Gasteiger partial charge in [-0.05, 0) is 174 Å².